The number of rotatable bonds is 6. The first-order valence-electron chi connectivity index (χ1n) is 7.53. The van der Waals surface area contributed by atoms with Crippen molar-refractivity contribution >= 4 is 0 Å². The minimum absolute atomic E-state index is 0.166. The minimum atomic E-state index is 0.166. The van der Waals surface area contributed by atoms with Crippen LogP contribution in [0.5, 0.6) is 0 Å². The fourth-order valence-electron chi connectivity index (χ4n) is 2.33. The van der Waals surface area contributed by atoms with Crippen molar-refractivity contribution in [1.29, 1.82) is 0 Å². The maximum absolute atomic E-state index is 4.13. The van der Waals surface area contributed by atoms with E-state index in [-0.39, 0.29) is 5.54 Å². The van der Waals surface area contributed by atoms with E-state index in [0.717, 1.165) is 13.1 Å². The van der Waals surface area contributed by atoms with E-state index in [4.69, 9.17) is 0 Å². The first kappa shape index (κ1) is 15.7. The number of hydrogen-bond acceptors (Lipinski definition) is 3. The maximum Gasteiger partial charge on any atom is 0.0991 e. The molecule has 0 bridgehead atoms. The predicted octanol–water partition coefficient (Wildman–Crippen LogP) is 2.91. The van der Waals surface area contributed by atoms with Crippen molar-refractivity contribution in [2.45, 2.75) is 39.3 Å². The van der Waals surface area contributed by atoms with E-state index in [1.54, 1.807) is 0 Å². The summed E-state index contributed by atoms with van der Waals surface area (Å²) in [6, 6.07) is 8.74. The van der Waals surface area contributed by atoms with Crippen LogP contribution in [0.15, 0.2) is 43.0 Å². The van der Waals surface area contributed by atoms with Crippen LogP contribution in [0.2, 0.25) is 0 Å². The van der Waals surface area contributed by atoms with Gasteiger partial charge < -0.3 is 15.2 Å². The van der Waals surface area contributed by atoms with Crippen molar-refractivity contribution < 1.29 is 0 Å². The van der Waals surface area contributed by atoms with Gasteiger partial charge in [0.15, 0.2) is 0 Å². The highest BCUT2D eigenvalue weighted by atomic mass is 15.0. The van der Waals surface area contributed by atoms with Crippen LogP contribution in [0, 0.1) is 0 Å². The molecular formula is C17H26N4. The molecular weight excluding hydrogens is 260 g/mol. The van der Waals surface area contributed by atoms with Gasteiger partial charge in [-0.05, 0) is 39.3 Å². The molecule has 114 valence electrons. The zero-order valence-electron chi connectivity index (χ0n) is 13.4. The molecule has 2 rings (SSSR count). The van der Waals surface area contributed by atoms with E-state index in [0.29, 0.717) is 6.04 Å². The highest BCUT2D eigenvalue weighted by molar-refractivity contribution is 5.42. The number of nitrogens with one attached hydrogen (secondary N) is 2. The molecule has 0 saturated carbocycles. The van der Waals surface area contributed by atoms with Crippen molar-refractivity contribution in [3.05, 3.63) is 48.5 Å². The lowest BCUT2D eigenvalue weighted by molar-refractivity contribution is 0.414. The van der Waals surface area contributed by atoms with Gasteiger partial charge in [0.2, 0.25) is 0 Å². The largest absolute Gasteiger partial charge is 0.311 e. The van der Waals surface area contributed by atoms with Crippen LogP contribution in [0.4, 0.5) is 0 Å². The van der Waals surface area contributed by atoms with E-state index in [1.807, 2.05) is 18.7 Å². The Morgan fingerprint density at radius 3 is 2.62 bits per heavy atom. The lowest BCUT2D eigenvalue weighted by Crippen LogP contribution is -2.40. The fourth-order valence-corrected chi connectivity index (χ4v) is 2.33. The lowest BCUT2D eigenvalue weighted by Gasteiger charge is -2.22. The zero-order chi connectivity index (χ0) is 15.3. The van der Waals surface area contributed by atoms with E-state index in [2.05, 4.69) is 72.1 Å². The molecule has 2 aromatic rings. The lowest BCUT2D eigenvalue weighted by atomic mass is 10.1. The third-order valence-electron chi connectivity index (χ3n) is 3.42. The van der Waals surface area contributed by atoms with Gasteiger partial charge in [-0.25, -0.2) is 4.98 Å². The number of hydrogen-bond donors (Lipinski definition) is 2. The average Bonchev–Trinajstić information content (AvgIpc) is 2.96. The molecule has 0 saturated heterocycles. The third kappa shape index (κ3) is 4.69. The van der Waals surface area contributed by atoms with Gasteiger partial charge >= 0.3 is 0 Å². The molecule has 0 aliphatic heterocycles. The molecule has 21 heavy (non-hydrogen) atoms. The summed E-state index contributed by atoms with van der Waals surface area (Å²) < 4.78 is 2.06. The second-order valence-corrected chi connectivity index (χ2v) is 6.38. The number of benzene rings is 1. The normalized spacial score (nSPS) is 13.3. The van der Waals surface area contributed by atoms with Crippen LogP contribution in [0.3, 0.4) is 0 Å². The Balaban J connectivity index is 1.98. The molecule has 0 spiro atoms. The molecule has 1 unspecified atom stereocenters. The van der Waals surface area contributed by atoms with Gasteiger partial charge in [-0.1, -0.05) is 18.2 Å². The second-order valence-electron chi connectivity index (χ2n) is 6.38. The molecule has 0 amide bonds. The summed E-state index contributed by atoms with van der Waals surface area (Å²) in [6.07, 6.45) is 5.63. The van der Waals surface area contributed by atoms with Gasteiger partial charge in [-0.2, -0.15) is 0 Å². The summed E-state index contributed by atoms with van der Waals surface area (Å²) in [7, 11) is 0. The van der Waals surface area contributed by atoms with Crippen LogP contribution < -0.4 is 10.6 Å². The Morgan fingerprint density at radius 1 is 1.19 bits per heavy atom. The maximum atomic E-state index is 4.13. The number of para-hydroxylation sites is 1. The Kier molecular flexibility index (Phi) is 5.15. The van der Waals surface area contributed by atoms with Gasteiger partial charge in [0.05, 0.1) is 12.0 Å². The van der Waals surface area contributed by atoms with Gasteiger partial charge in [0, 0.05) is 37.1 Å². The highest BCUT2D eigenvalue weighted by Crippen LogP contribution is 2.21. The summed E-state index contributed by atoms with van der Waals surface area (Å²) in [4.78, 5) is 4.13. The molecule has 0 fully saturated rings. The Hall–Kier alpha value is -1.65. The number of aromatic nitrogens is 2. The van der Waals surface area contributed by atoms with Crippen LogP contribution in [0.25, 0.3) is 5.69 Å². The summed E-state index contributed by atoms with van der Waals surface area (Å²) in [6.45, 7) is 10.7. The van der Waals surface area contributed by atoms with Crippen LogP contribution in [-0.2, 0) is 0 Å². The third-order valence-corrected chi connectivity index (χ3v) is 3.42. The number of nitrogens with zero attached hydrogens (tertiary/aromatic N) is 2. The van der Waals surface area contributed by atoms with Gasteiger partial charge in [0.1, 0.15) is 0 Å². The van der Waals surface area contributed by atoms with Crippen LogP contribution >= 0.6 is 0 Å². The summed E-state index contributed by atoms with van der Waals surface area (Å²) in [5, 5.41) is 7.07. The minimum Gasteiger partial charge on any atom is -0.311 e. The molecule has 4 heteroatoms. The Morgan fingerprint density at radius 2 is 1.95 bits per heavy atom. The van der Waals surface area contributed by atoms with E-state index < -0.39 is 0 Å². The average molecular weight is 286 g/mol. The van der Waals surface area contributed by atoms with Crippen molar-refractivity contribution in [2.24, 2.45) is 0 Å². The second kappa shape index (κ2) is 6.87. The predicted molar refractivity (Wildman–Crippen MR) is 87.7 cm³/mol. The van der Waals surface area contributed by atoms with Gasteiger partial charge in [0.25, 0.3) is 0 Å². The first-order valence-corrected chi connectivity index (χ1v) is 7.53. The van der Waals surface area contributed by atoms with E-state index >= 15 is 0 Å². The van der Waals surface area contributed by atoms with Crippen LogP contribution in [-0.4, -0.2) is 28.2 Å². The van der Waals surface area contributed by atoms with Crippen molar-refractivity contribution in [3.63, 3.8) is 0 Å². The molecule has 1 atom stereocenters. The Labute approximate surface area is 127 Å². The van der Waals surface area contributed by atoms with Crippen molar-refractivity contribution in [1.82, 2.24) is 20.2 Å². The molecule has 4 nitrogen and oxygen atoms in total. The quantitative estimate of drug-likeness (QED) is 0.802. The van der Waals surface area contributed by atoms with E-state index in [9.17, 15) is 0 Å². The van der Waals surface area contributed by atoms with Gasteiger partial charge in [-0.15, -0.1) is 0 Å². The standard InChI is InChI=1S/C17H26N4/c1-14(19-9-10-20-17(2,3)4)15-7-5-6-8-16(15)21-12-11-18-13-21/h5-8,11-14,19-20H,9-10H2,1-4H3. The molecule has 0 aliphatic rings. The van der Waals surface area contributed by atoms with E-state index in [1.165, 1.54) is 11.3 Å². The van der Waals surface area contributed by atoms with Crippen molar-refractivity contribution in [2.75, 3.05) is 13.1 Å². The molecule has 0 aliphatic carbocycles. The molecule has 1 aromatic heterocycles. The molecule has 0 radical (unpaired) electrons. The molecule has 1 aromatic carbocycles. The summed E-state index contributed by atoms with van der Waals surface area (Å²) in [5.74, 6) is 0. The highest BCUT2D eigenvalue weighted by Gasteiger charge is 2.12. The summed E-state index contributed by atoms with van der Waals surface area (Å²) >= 11 is 0. The first-order chi connectivity index (χ1) is 9.97. The monoisotopic (exact) mass is 286 g/mol. The topological polar surface area (TPSA) is 41.9 Å². The smallest absolute Gasteiger partial charge is 0.0991 e. The summed E-state index contributed by atoms with van der Waals surface area (Å²) in [5.41, 5.74) is 2.63. The Bertz CT molecular complexity index is 540. The molecule has 1 heterocycles. The SMILES string of the molecule is CC(NCCNC(C)(C)C)c1ccccc1-n1ccnc1. The molecule has 2 N–H and O–H groups in total. The fraction of sp³-hybridized carbons (Fsp3) is 0.471. The van der Waals surface area contributed by atoms with Crippen LogP contribution in [0.1, 0.15) is 39.3 Å². The zero-order valence-corrected chi connectivity index (χ0v) is 13.4. The number of imidazole rings is 1. The van der Waals surface area contributed by atoms with Crippen molar-refractivity contribution in [3.8, 4) is 5.69 Å². The van der Waals surface area contributed by atoms with Gasteiger partial charge in [-0.3, -0.25) is 0 Å².